The number of nitrogens with zero attached hydrogens (tertiary/aromatic N) is 2. The molecule has 34 heavy (non-hydrogen) atoms. The minimum Gasteiger partial charge on any atom is -0.493 e. The first kappa shape index (κ1) is 24.1. The van der Waals surface area contributed by atoms with Gasteiger partial charge in [-0.15, -0.1) is 0 Å². The Morgan fingerprint density at radius 1 is 1.09 bits per heavy atom. The van der Waals surface area contributed by atoms with E-state index in [1.807, 2.05) is 55.1 Å². The summed E-state index contributed by atoms with van der Waals surface area (Å²) < 4.78 is 40.6. The number of hydrogen-bond acceptors (Lipinski definition) is 5. The van der Waals surface area contributed by atoms with Crippen molar-refractivity contribution in [2.24, 2.45) is 13.0 Å². The maximum Gasteiger partial charge on any atom is 0.243 e. The van der Waals surface area contributed by atoms with Gasteiger partial charge in [0.25, 0.3) is 0 Å². The Balaban J connectivity index is 1.34. The smallest absolute Gasteiger partial charge is 0.243 e. The quantitative estimate of drug-likeness (QED) is 0.529. The van der Waals surface area contributed by atoms with Crippen molar-refractivity contribution in [3.05, 3.63) is 54.2 Å². The Morgan fingerprint density at radius 2 is 1.85 bits per heavy atom. The number of piperidine rings is 1. The molecule has 2 heterocycles. The molecule has 1 saturated heterocycles. The van der Waals surface area contributed by atoms with E-state index in [0.29, 0.717) is 55.5 Å². The second-order valence-corrected chi connectivity index (χ2v) is 10.4. The Kier molecular flexibility index (Phi) is 7.13. The molecule has 2 aromatic carbocycles. The van der Waals surface area contributed by atoms with E-state index in [9.17, 15) is 13.2 Å². The third kappa shape index (κ3) is 4.90. The van der Waals surface area contributed by atoms with Crippen molar-refractivity contribution in [2.75, 3.05) is 26.8 Å². The standard InChI is InChI=1S/C25H31N3O5S/c1-4-33-23-8-5-18(15-24(23)32-3)17-26-25(29)19-10-13-28(14-11-19)34(30,31)21-6-7-22-20(16-21)9-12-27(22)2/h5-9,12,15-16,19H,4,10-11,13-14,17H2,1-3H3,(H,26,29). The van der Waals surface area contributed by atoms with Crippen LogP contribution in [0.3, 0.4) is 0 Å². The van der Waals surface area contributed by atoms with Gasteiger partial charge in [0.05, 0.1) is 18.6 Å². The van der Waals surface area contributed by atoms with Gasteiger partial charge < -0.3 is 19.4 Å². The summed E-state index contributed by atoms with van der Waals surface area (Å²) in [5, 5.41) is 3.87. The van der Waals surface area contributed by atoms with Gasteiger partial charge in [-0.2, -0.15) is 4.31 Å². The summed E-state index contributed by atoms with van der Waals surface area (Å²) in [7, 11) is -0.0860. The second-order valence-electron chi connectivity index (χ2n) is 8.46. The summed E-state index contributed by atoms with van der Waals surface area (Å²) in [6, 6.07) is 12.7. The lowest BCUT2D eigenvalue weighted by Crippen LogP contribution is -2.42. The molecule has 0 aliphatic carbocycles. The molecular formula is C25H31N3O5S. The fourth-order valence-corrected chi connectivity index (χ4v) is 5.86. The molecule has 0 spiro atoms. The molecule has 1 aliphatic rings. The summed E-state index contributed by atoms with van der Waals surface area (Å²) >= 11 is 0. The van der Waals surface area contributed by atoms with Crippen LogP contribution in [-0.2, 0) is 28.4 Å². The number of nitrogens with one attached hydrogen (secondary N) is 1. The molecule has 1 aliphatic heterocycles. The molecule has 0 saturated carbocycles. The van der Waals surface area contributed by atoms with Crippen molar-refractivity contribution < 1.29 is 22.7 Å². The van der Waals surface area contributed by atoms with Gasteiger partial charge in [0.1, 0.15) is 0 Å². The normalized spacial score (nSPS) is 15.4. The zero-order chi connectivity index (χ0) is 24.3. The van der Waals surface area contributed by atoms with Crippen LogP contribution in [0.1, 0.15) is 25.3 Å². The number of aryl methyl sites for hydroxylation is 1. The number of carbonyl (C=O) groups is 1. The van der Waals surface area contributed by atoms with E-state index in [-0.39, 0.29) is 11.8 Å². The molecular weight excluding hydrogens is 454 g/mol. The van der Waals surface area contributed by atoms with Crippen molar-refractivity contribution in [3.63, 3.8) is 0 Å². The van der Waals surface area contributed by atoms with Crippen LogP contribution in [0.2, 0.25) is 0 Å². The van der Waals surface area contributed by atoms with E-state index >= 15 is 0 Å². The number of amides is 1. The Hall–Kier alpha value is -3.04. The molecule has 0 unspecified atom stereocenters. The van der Waals surface area contributed by atoms with Crippen molar-refractivity contribution in [1.29, 1.82) is 0 Å². The topological polar surface area (TPSA) is 89.9 Å². The molecule has 1 aromatic heterocycles. The molecule has 0 radical (unpaired) electrons. The number of sulfonamides is 1. The number of methoxy groups -OCH3 is 1. The van der Waals surface area contributed by atoms with Gasteiger partial charge in [0.2, 0.25) is 15.9 Å². The van der Waals surface area contributed by atoms with Crippen LogP contribution in [0.5, 0.6) is 11.5 Å². The first-order chi connectivity index (χ1) is 16.3. The molecule has 4 rings (SSSR count). The monoisotopic (exact) mass is 485 g/mol. The number of fused-ring (bicyclic) bond motifs is 1. The first-order valence-electron chi connectivity index (χ1n) is 11.5. The second kappa shape index (κ2) is 10.1. The third-order valence-electron chi connectivity index (χ3n) is 6.31. The summed E-state index contributed by atoms with van der Waals surface area (Å²) in [6.45, 7) is 3.47. The average molecular weight is 486 g/mol. The highest BCUT2D eigenvalue weighted by molar-refractivity contribution is 7.89. The highest BCUT2D eigenvalue weighted by atomic mass is 32.2. The zero-order valence-electron chi connectivity index (χ0n) is 19.8. The fraction of sp³-hybridized carbons (Fsp3) is 0.400. The van der Waals surface area contributed by atoms with Crippen LogP contribution in [0.15, 0.2) is 53.6 Å². The summed E-state index contributed by atoms with van der Waals surface area (Å²) in [6.07, 6.45) is 2.89. The van der Waals surface area contributed by atoms with Gasteiger partial charge in [-0.1, -0.05) is 6.07 Å². The van der Waals surface area contributed by atoms with E-state index in [1.165, 1.54) is 4.31 Å². The van der Waals surface area contributed by atoms with Crippen LogP contribution in [0.25, 0.3) is 10.9 Å². The van der Waals surface area contributed by atoms with Crippen LogP contribution in [0.4, 0.5) is 0 Å². The average Bonchev–Trinajstić information content (AvgIpc) is 3.23. The minimum atomic E-state index is -3.60. The number of aromatic nitrogens is 1. The number of benzene rings is 2. The van der Waals surface area contributed by atoms with Crippen molar-refractivity contribution in [3.8, 4) is 11.5 Å². The summed E-state index contributed by atoms with van der Waals surface area (Å²) in [5.41, 5.74) is 1.89. The van der Waals surface area contributed by atoms with Gasteiger partial charge in [0.15, 0.2) is 11.5 Å². The van der Waals surface area contributed by atoms with Gasteiger partial charge in [-0.05, 0) is 61.7 Å². The number of ether oxygens (including phenoxy) is 2. The van der Waals surface area contributed by atoms with E-state index in [2.05, 4.69) is 5.32 Å². The SMILES string of the molecule is CCOc1ccc(CNC(=O)C2CCN(S(=O)(=O)c3ccc4c(ccn4C)c3)CC2)cc1OC. The lowest BCUT2D eigenvalue weighted by molar-refractivity contribution is -0.126. The molecule has 182 valence electrons. The molecule has 0 atom stereocenters. The molecule has 1 N–H and O–H groups in total. The Labute approximate surface area is 200 Å². The summed E-state index contributed by atoms with van der Waals surface area (Å²) in [4.78, 5) is 13.0. The van der Waals surface area contributed by atoms with Gasteiger partial charge in [-0.3, -0.25) is 4.79 Å². The first-order valence-corrected chi connectivity index (χ1v) is 12.9. The van der Waals surface area contributed by atoms with E-state index in [4.69, 9.17) is 9.47 Å². The fourth-order valence-electron chi connectivity index (χ4n) is 4.36. The summed E-state index contributed by atoms with van der Waals surface area (Å²) in [5.74, 6) is 1.02. The number of carbonyl (C=O) groups excluding carboxylic acids is 1. The van der Waals surface area contributed by atoms with Gasteiger partial charge >= 0.3 is 0 Å². The highest BCUT2D eigenvalue weighted by Gasteiger charge is 2.32. The van der Waals surface area contributed by atoms with Gasteiger partial charge in [-0.25, -0.2) is 8.42 Å². The van der Waals surface area contributed by atoms with Crippen molar-refractivity contribution >= 4 is 26.8 Å². The third-order valence-corrected chi connectivity index (χ3v) is 8.21. The lowest BCUT2D eigenvalue weighted by Gasteiger charge is -2.30. The van der Waals surface area contributed by atoms with Crippen LogP contribution < -0.4 is 14.8 Å². The van der Waals surface area contributed by atoms with E-state index < -0.39 is 10.0 Å². The minimum absolute atomic E-state index is 0.0596. The van der Waals surface area contributed by atoms with Gasteiger partial charge in [0, 0.05) is 49.7 Å². The molecule has 8 nitrogen and oxygen atoms in total. The van der Waals surface area contributed by atoms with E-state index in [0.717, 1.165) is 16.5 Å². The maximum atomic E-state index is 13.2. The predicted molar refractivity (Wildman–Crippen MR) is 130 cm³/mol. The van der Waals surface area contributed by atoms with Crippen LogP contribution in [-0.4, -0.2) is 50.0 Å². The van der Waals surface area contributed by atoms with E-state index in [1.54, 1.807) is 19.2 Å². The molecule has 9 heteroatoms. The molecule has 1 fully saturated rings. The molecule has 0 bridgehead atoms. The van der Waals surface area contributed by atoms with Crippen molar-refractivity contribution in [2.45, 2.75) is 31.2 Å². The number of hydrogen-bond donors (Lipinski definition) is 1. The van der Waals surface area contributed by atoms with Crippen molar-refractivity contribution in [1.82, 2.24) is 14.2 Å². The predicted octanol–water partition coefficient (Wildman–Crippen LogP) is 3.30. The maximum absolute atomic E-state index is 13.2. The molecule has 1 amide bonds. The highest BCUT2D eigenvalue weighted by Crippen LogP contribution is 2.29. The molecule has 3 aromatic rings. The lowest BCUT2D eigenvalue weighted by atomic mass is 9.97. The Morgan fingerprint density at radius 3 is 2.56 bits per heavy atom. The van der Waals surface area contributed by atoms with Crippen LogP contribution >= 0.6 is 0 Å². The largest absolute Gasteiger partial charge is 0.493 e. The van der Waals surface area contributed by atoms with Crippen LogP contribution in [0, 0.1) is 5.92 Å². The Bertz CT molecular complexity index is 1280. The number of rotatable bonds is 8. The zero-order valence-corrected chi connectivity index (χ0v) is 20.6.